The first-order chi connectivity index (χ1) is 10.8. The van der Waals surface area contributed by atoms with Crippen molar-refractivity contribution in [2.24, 2.45) is 0 Å². The molecule has 0 rings (SSSR count). The van der Waals surface area contributed by atoms with E-state index in [1.807, 2.05) is 0 Å². The lowest BCUT2D eigenvalue weighted by atomic mass is 10.1. The highest BCUT2D eigenvalue weighted by atomic mass is 31.1. The van der Waals surface area contributed by atoms with E-state index < -0.39 is 8.25 Å². The third-order valence-corrected chi connectivity index (χ3v) is 3.84. The average Bonchev–Trinajstić information content (AvgIpc) is 2.52. The summed E-state index contributed by atoms with van der Waals surface area (Å²) in [6, 6.07) is 0. The molecule has 0 bridgehead atoms. The molecule has 0 aromatic carbocycles. The molecule has 0 N–H and O–H groups in total. The first-order valence-electron chi connectivity index (χ1n) is 8.87. The van der Waals surface area contributed by atoms with Crippen LogP contribution in [0.15, 0.2) is 0 Å². The first kappa shape index (κ1) is 21.9. The van der Waals surface area contributed by atoms with Gasteiger partial charge in [0.25, 0.3) is 0 Å². The lowest BCUT2D eigenvalue weighted by Gasteiger charge is -1.99. The summed E-state index contributed by atoms with van der Waals surface area (Å²) in [7, 11) is -2.34. The molecule has 132 valence electrons. The van der Waals surface area contributed by atoms with Gasteiger partial charge in [-0.15, -0.1) is 0 Å². The maximum absolute atomic E-state index is 11.2. The molecule has 6 heteroatoms. The predicted octanol–water partition coefficient (Wildman–Crippen LogP) is 6.26. The molecule has 0 aliphatic carbocycles. The zero-order chi connectivity index (χ0) is 16.3. The highest BCUT2D eigenvalue weighted by Gasteiger charge is 2.24. The van der Waals surface area contributed by atoms with Crippen LogP contribution in [-0.2, 0) is 23.7 Å². The zero-order valence-corrected chi connectivity index (χ0v) is 15.3. The Bertz CT molecular complexity index is 217. The summed E-state index contributed by atoms with van der Waals surface area (Å²) in [5, 5.41) is 0. The second kappa shape index (κ2) is 19.0. The van der Waals surface area contributed by atoms with E-state index in [-0.39, 0.29) is 0 Å². The Balaban J connectivity index is 3.13. The lowest BCUT2D eigenvalue weighted by Crippen LogP contribution is -1.95. The summed E-state index contributed by atoms with van der Waals surface area (Å²) in [4.78, 5) is 9.67. The summed E-state index contributed by atoms with van der Waals surface area (Å²) in [5.41, 5.74) is 0. The van der Waals surface area contributed by atoms with E-state index in [0.717, 1.165) is 25.7 Å². The minimum Gasteiger partial charge on any atom is -0.187 e. The number of rotatable bonds is 18. The summed E-state index contributed by atoms with van der Waals surface area (Å²) in [5.74, 6) is 0. The molecule has 5 nitrogen and oxygen atoms in total. The normalized spacial score (nSPS) is 11.0. The first-order valence-corrected chi connectivity index (χ1v) is 9.97. The van der Waals surface area contributed by atoms with Crippen LogP contribution in [0.2, 0.25) is 0 Å². The van der Waals surface area contributed by atoms with E-state index in [0.29, 0.717) is 13.2 Å². The van der Waals surface area contributed by atoms with Crippen LogP contribution in [0.5, 0.6) is 0 Å². The Hall–Kier alpha value is -0.0600. The summed E-state index contributed by atoms with van der Waals surface area (Å²) < 4.78 is 20.4. The third kappa shape index (κ3) is 18.0. The summed E-state index contributed by atoms with van der Waals surface area (Å²) >= 11 is 0. The fourth-order valence-corrected chi connectivity index (χ4v) is 2.40. The van der Waals surface area contributed by atoms with E-state index in [9.17, 15) is 4.57 Å². The van der Waals surface area contributed by atoms with Crippen LogP contribution in [-0.4, -0.2) is 13.2 Å². The minimum absolute atomic E-state index is 0.438. The highest BCUT2D eigenvalue weighted by molar-refractivity contribution is 7.32. The van der Waals surface area contributed by atoms with Gasteiger partial charge in [-0.05, 0) is 12.8 Å². The smallest absolute Gasteiger partial charge is 0.187 e. The van der Waals surface area contributed by atoms with Gasteiger partial charge < -0.3 is 0 Å². The van der Waals surface area contributed by atoms with Gasteiger partial charge in [-0.3, -0.25) is 0 Å². The molecular formula is C16H34O5P+. The molecule has 0 saturated heterocycles. The molecule has 0 heterocycles. The second-order valence-electron chi connectivity index (χ2n) is 5.55. The van der Waals surface area contributed by atoms with Gasteiger partial charge in [-0.25, -0.2) is 0 Å². The highest BCUT2D eigenvalue weighted by Crippen LogP contribution is 2.24. The number of hydrogen-bond acceptors (Lipinski definition) is 5. The molecule has 0 fully saturated rings. The Morgan fingerprint density at radius 1 is 0.591 bits per heavy atom. The Kier molecular flexibility index (Phi) is 18.9. The van der Waals surface area contributed by atoms with Gasteiger partial charge in [0, 0.05) is 4.57 Å². The van der Waals surface area contributed by atoms with E-state index in [2.05, 4.69) is 23.2 Å². The maximum Gasteiger partial charge on any atom is 0.759 e. The molecule has 22 heavy (non-hydrogen) atoms. The predicted molar refractivity (Wildman–Crippen MR) is 88.4 cm³/mol. The van der Waals surface area contributed by atoms with Gasteiger partial charge in [-0.1, -0.05) is 78.1 Å². The minimum atomic E-state index is -2.34. The monoisotopic (exact) mass is 337 g/mol. The van der Waals surface area contributed by atoms with Crippen LogP contribution in [0.4, 0.5) is 0 Å². The van der Waals surface area contributed by atoms with Crippen molar-refractivity contribution in [3.8, 4) is 0 Å². The van der Waals surface area contributed by atoms with Crippen LogP contribution in [0.1, 0.15) is 90.9 Å². The average molecular weight is 337 g/mol. The zero-order valence-electron chi connectivity index (χ0n) is 14.4. The van der Waals surface area contributed by atoms with Crippen molar-refractivity contribution < 1.29 is 23.7 Å². The van der Waals surface area contributed by atoms with Crippen molar-refractivity contribution in [3.63, 3.8) is 0 Å². The fraction of sp³-hybridized carbons (Fsp3) is 1.00. The third-order valence-electron chi connectivity index (χ3n) is 3.39. The Morgan fingerprint density at radius 2 is 0.955 bits per heavy atom. The van der Waals surface area contributed by atoms with Crippen LogP contribution in [0.25, 0.3) is 0 Å². The Labute approximate surface area is 136 Å². The number of hydrogen-bond donors (Lipinski definition) is 0. The standard InChI is InChI=1S/C16H34O5P/c1-3-5-7-9-11-13-15-18-20-22(17)21-19-16-14-12-10-8-6-4-2/h3-16H2,1-2H3/q+1. The van der Waals surface area contributed by atoms with E-state index in [1.165, 1.54) is 51.4 Å². The molecular weight excluding hydrogens is 303 g/mol. The van der Waals surface area contributed by atoms with E-state index >= 15 is 0 Å². The van der Waals surface area contributed by atoms with Crippen LogP contribution in [0.3, 0.4) is 0 Å². The fourth-order valence-electron chi connectivity index (χ4n) is 2.06. The molecule has 0 aliphatic rings. The lowest BCUT2D eigenvalue weighted by molar-refractivity contribution is -0.259. The molecule has 0 amide bonds. The van der Waals surface area contributed by atoms with E-state index in [4.69, 9.17) is 9.78 Å². The van der Waals surface area contributed by atoms with Crippen molar-refractivity contribution in [1.29, 1.82) is 0 Å². The second-order valence-corrected chi connectivity index (χ2v) is 6.30. The van der Waals surface area contributed by atoms with Crippen molar-refractivity contribution in [3.05, 3.63) is 0 Å². The molecule has 0 spiro atoms. The Morgan fingerprint density at radius 3 is 1.36 bits per heavy atom. The molecule has 0 aliphatic heterocycles. The largest absolute Gasteiger partial charge is 0.759 e. The van der Waals surface area contributed by atoms with Gasteiger partial charge >= 0.3 is 8.25 Å². The summed E-state index contributed by atoms with van der Waals surface area (Å²) in [6.07, 6.45) is 14.0. The quantitative estimate of drug-likeness (QED) is 0.128. The number of unbranched alkanes of at least 4 members (excludes halogenated alkanes) is 10. The van der Waals surface area contributed by atoms with Gasteiger partial charge in [0.15, 0.2) is 0 Å². The summed E-state index contributed by atoms with van der Waals surface area (Å²) in [6.45, 7) is 5.27. The van der Waals surface area contributed by atoms with E-state index in [1.54, 1.807) is 0 Å². The van der Waals surface area contributed by atoms with Crippen molar-refractivity contribution in [2.75, 3.05) is 13.2 Å². The topological polar surface area (TPSA) is 54.0 Å². The van der Waals surface area contributed by atoms with Gasteiger partial charge in [0.05, 0.1) is 22.6 Å². The SMILES string of the molecule is CCCCCCCCOO[P+](=O)OOCCCCCCCC. The molecule has 0 saturated carbocycles. The molecule has 0 atom stereocenters. The molecule has 0 unspecified atom stereocenters. The van der Waals surface area contributed by atoms with Crippen molar-refractivity contribution in [2.45, 2.75) is 90.9 Å². The molecule has 0 aromatic heterocycles. The molecule has 0 radical (unpaired) electrons. The van der Waals surface area contributed by atoms with Crippen molar-refractivity contribution in [1.82, 2.24) is 0 Å². The van der Waals surface area contributed by atoms with Crippen LogP contribution < -0.4 is 0 Å². The van der Waals surface area contributed by atoms with Crippen molar-refractivity contribution >= 4 is 8.25 Å². The van der Waals surface area contributed by atoms with Gasteiger partial charge in [0.1, 0.15) is 0 Å². The van der Waals surface area contributed by atoms with Crippen LogP contribution >= 0.6 is 8.25 Å². The van der Waals surface area contributed by atoms with Gasteiger partial charge in [-0.2, -0.15) is 9.78 Å². The van der Waals surface area contributed by atoms with Crippen LogP contribution in [0, 0.1) is 0 Å². The maximum atomic E-state index is 11.2. The molecule has 0 aromatic rings. The van der Waals surface area contributed by atoms with Gasteiger partial charge in [0.2, 0.25) is 0 Å².